The molecule has 1 aromatic rings. The molecule has 1 saturated heterocycles. The predicted molar refractivity (Wildman–Crippen MR) is 141 cm³/mol. The van der Waals surface area contributed by atoms with Gasteiger partial charge in [0.1, 0.15) is 0 Å². The van der Waals surface area contributed by atoms with Crippen molar-refractivity contribution in [2.24, 2.45) is 17.8 Å². The van der Waals surface area contributed by atoms with Gasteiger partial charge >= 0.3 is 5.97 Å². The standard InChI is InChI=1S/C26H21BrINO8/c1-37-18-7-10(6-16(28)24(18)34)20-11-2-3-12-21(26(36)29(25(12)35)5-4-19(31)32)13(11)8-14-22(20)17(30)9-15(27)23(14)33/h2,6-7,9,12-13,20-21,34H,3-5,8H2,1H3,(H,31,32)/t12-,13+,20-,21-/m0/s1. The van der Waals surface area contributed by atoms with Gasteiger partial charge in [0.25, 0.3) is 0 Å². The molecule has 0 saturated carbocycles. The summed E-state index contributed by atoms with van der Waals surface area (Å²) in [6, 6.07) is 3.34. The van der Waals surface area contributed by atoms with Crippen LogP contribution in [0.15, 0.2) is 45.5 Å². The van der Waals surface area contributed by atoms with Crippen molar-refractivity contribution in [2.45, 2.75) is 25.2 Å². The number of carboxylic acids is 1. The molecule has 9 nitrogen and oxygen atoms in total. The predicted octanol–water partition coefficient (Wildman–Crippen LogP) is 3.24. The molecule has 0 bridgehead atoms. The van der Waals surface area contributed by atoms with Gasteiger partial charge in [-0.25, -0.2) is 0 Å². The Hall–Kier alpha value is -2.80. The molecule has 3 aliphatic carbocycles. The minimum Gasteiger partial charge on any atom is -0.504 e. The number of allylic oxidation sites excluding steroid dienone is 6. The van der Waals surface area contributed by atoms with Crippen LogP contribution in [-0.4, -0.2) is 58.1 Å². The van der Waals surface area contributed by atoms with Crippen LogP contribution in [0.3, 0.4) is 0 Å². The van der Waals surface area contributed by atoms with Gasteiger partial charge in [-0.3, -0.25) is 28.9 Å². The number of carboxylic acid groups (broad SMARTS) is 1. The number of likely N-dealkylation sites (tertiary alicyclic amines) is 1. The lowest BCUT2D eigenvalue weighted by Crippen LogP contribution is -2.39. The molecule has 1 heterocycles. The second-order valence-electron chi connectivity index (χ2n) is 9.42. The van der Waals surface area contributed by atoms with Crippen molar-refractivity contribution in [1.82, 2.24) is 4.90 Å². The van der Waals surface area contributed by atoms with Crippen molar-refractivity contribution in [3.63, 3.8) is 0 Å². The molecule has 192 valence electrons. The number of ether oxygens (including phenoxy) is 1. The molecule has 4 atom stereocenters. The van der Waals surface area contributed by atoms with E-state index in [1.165, 1.54) is 13.2 Å². The van der Waals surface area contributed by atoms with Crippen molar-refractivity contribution in [2.75, 3.05) is 13.7 Å². The second-order valence-corrected chi connectivity index (χ2v) is 11.4. The van der Waals surface area contributed by atoms with Crippen molar-refractivity contribution in [1.29, 1.82) is 0 Å². The van der Waals surface area contributed by atoms with Crippen LogP contribution >= 0.6 is 38.5 Å². The highest BCUT2D eigenvalue weighted by Gasteiger charge is 2.56. The number of halogens is 2. The van der Waals surface area contributed by atoms with Crippen LogP contribution in [-0.2, 0) is 24.0 Å². The fourth-order valence-electron chi connectivity index (χ4n) is 6.00. The van der Waals surface area contributed by atoms with Crippen LogP contribution in [0.2, 0.25) is 0 Å². The summed E-state index contributed by atoms with van der Waals surface area (Å²) >= 11 is 5.15. The highest BCUT2D eigenvalue weighted by atomic mass is 127. The van der Waals surface area contributed by atoms with E-state index in [0.29, 0.717) is 20.3 Å². The summed E-state index contributed by atoms with van der Waals surface area (Å²) in [6.07, 6.45) is 3.16. The van der Waals surface area contributed by atoms with Gasteiger partial charge in [-0.15, -0.1) is 0 Å². The lowest BCUT2D eigenvalue weighted by atomic mass is 9.59. The molecule has 0 unspecified atom stereocenters. The van der Waals surface area contributed by atoms with Crippen LogP contribution in [0.4, 0.5) is 0 Å². The summed E-state index contributed by atoms with van der Waals surface area (Å²) in [5, 5.41) is 19.5. The Morgan fingerprint density at radius 3 is 2.59 bits per heavy atom. The van der Waals surface area contributed by atoms with E-state index in [1.807, 2.05) is 28.7 Å². The molecule has 5 rings (SSSR count). The zero-order valence-corrected chi connectivity index (χ0v) is 23.2. The molecule has 0 aromatic heterocycles. The molecule has 37 heavy (non-hydrogen) atoms. The summed E-state index contributed by atoms with van der Waals surface area (Å²) in [5.41, 5.74) is 1.99. The van der Waals surface area contributed by atoms with E-state index >= 15 is 0 Å². The minimum absolute atomic E-state index is 0.0505. The van der Waals surface area contributed by atoms with Crippen LogP contribution < -0.4 is 4.74 Å². The molecule has 0 spiro atoms. The number of carbonyl (C=O) groups is 5. The normalized spacial score (nSPS) is 26.9. The maximum atomic E-state index is 13.5. The number of phenols is 1. The maximum Gasteiger partial charge on any atom is 0.305 e. The largest absolute Gasteiger partial charge is 0.504 e. The molecule has 2 amide bonds. The number of hydrogen-bond donors (Lipinski definition) is 2. The third-order valence-electron chi connectivity index (χ3n) is 7.58. The Bertz CT molecular complexity index is 1390. The number of Topliss-reactive ketones (excluding diaryl/α,β-unsaturated/α-hetero) is 1. The first-order chi connectivity index (χ1) is 17.5. The van der Waals surface area contributed by atoms with Crippen LogP contribution in [0.1, 0.15) is 30.7 Å². The molecule has 11 heteroatoms. The number of fused-ring (bicyclic) bond motifs is 3. The van der Waals surface area contributed by atoms with Gasteiger partial charge in [0.05, 0.1) is 33.4 Å². The zero-order chi connectivity index (χ0) is 26.8. The number of amides is 2. The third kappa shape index (κ3) is 4.06. The smallest absolute Gasteiger partial charge is 0.305 e. The van der Waals surface area contributed by atoms with Gasteiger partial charge in [-0.1, -0.05) is 11.6 Å². The molecule has 1 aromatic carbocycles. The number of phenolic OH excluding ortho intramolecular Hbond substituents is 1. The van der Waals surface area contributed by atoms with E-state index in [2.05, 4.69) is 15.9 Å². The Morgan fingerprint density at radius 1 is 1.19 bits per heavy atom. The zero-order valence-electron chi connectivity index (χ0n) is 19.5. The fourth-order valence-corrected chi connectivity index (χ4v) is 7.07. The number of methoxy groups -OCH3 is 1. The maximum absolute atomic E-state index is 13.5. The van der Waals surface area contributed by atoms with Gasteiger partial charge < -0.3 is 14.9 Å². The lowest BCUT2D eigenvalue weighted by Gasteiger charge is -2.42. The molecule has 1 aliphatic heterocycles. The number of aliphatic carboxylic acids is 1. The quantitative estimate of drug-likeness (QED) is 0.209. The lowest BCUT2D eigenvalue weighted by molar-refractivity contribution is -0.142. The Morgan fingerprint density at radius 2 is 1.92 bits per heavy atom. The van der Waals surface area contributed by atoms with Gasteiger partial charge in [0.15, 0.2) is 23.1 Å². The monoisotopic (exact) mass is 681 g/mol. The molecule has 1 fully saturated rings. The van der Waals surface area contributed by atoms with E-state index < -0.39 is 41.5 Å². The molecular formula is C26H21BrINO8. The van der Waals surface area contributed by atoms with E-state index in [1.54, 1.807) is 12.1 Å². The average Bonchev–Trinajstić information content (AvgIpc) is 3.10. The number of rotatable bonds is 5. The Balaban J connectivity index is 1.65. The minimum atomic E-state index is -1.11. The van der Waals surface area contributed by atoms with Crippen molar-refractivity contribution in [3.8, 4) is 11.5 Å². The summed E-state index contributed by atoms with van der Waals surface area (Å²) < 4.78 is 5.96. The van der Waals surface area contributed by atoms with Gasteiger partial charge in [0, 0.05) is 29.7 Å². The number of ketones is 2. The van der Waals surface area contributed by atoms with E-state index in [0.717, 1.165) is 10.5 Å². The Kier molecular flexibility index (Phi) is 6.63. The summed E-state index contributed by atoms with van der Waals surface area (Å²) in [6.45, 7) is -0.210. The molecule has 4 aliphatic rings. The highest BCUT2D eigenvalue weighted by Crippen LogP contribution is 2.56. The highest BCUT2D eigenvalue weighted by molar-refractivity contribution is 14.1. The molecular weight excluding hydrogens is 661 g/mol. The third-order valence-corrected chi connectivity index (χ3v) is 8.99. The van der Waals surface area contributed by atoms with Gasteiger partial charge in [0.2, 0.25) is 11.8 Å². The van der Waals surface area contributed by atoms with Crippen molar-refractivity contribution >= 4 is 67.9 Å². The molecule has 0 radical (unpaired) electrons. The molecule has 2 N–H and O–H groups in total. The first-order valence-corrected chi connectivity index (χ1v) is 13.4. The number of aromatic hydroxyl groups is 1. The SMILES string of the molecule is COc1cc([C@H]2C3=CC[C@@H]4C(=O)N(CCC(=O)O)C(=O)[C@@H]4[C@@H]3CC3=C2C(=O)C=C(Br)C3=O)cc(I)c1O. The van der Waals surface area contributed by atoms with Gasteiger partial charge in [-0.05, 0) is 75.0 Å². The van der Waals surface area contributed by atoms with E-state index in [9.17, 15) is 29.1 Å². The summed E-state index contributed by atoms with van der Waals surface area (Å²) in [5.74, 6) is -5.10. The van der Waals surface area contributed by atoms with Crippen LogP contribution in [0, 0.1) is 21.3 Å². The number of nitrogens with zero attached hydrogens (tertiary/aromatic N) is 1. The van der Waals surface area contributed by atoms with Crippen molar-refractivity contribution in [3.05, 3.63) is 54.6 Å². The number of benzene rings is 1. The first-order valence-electron chi connectivity index (χ1n) is 11.6. The van der Waals surface area contributed by atoms with E-state index in [-0.39, 0.29) is 53.4 Å². The number of carbonyl (C=O) groups excluding carboxylic acids is 4. The van der Waals surface area contributed by atoms with Gasteiger partial charge in [-0.2, -0.15) is 0 Å². The number of hydrogen-bond acceptors (Lipinski definition) is 7. The first kappa shape index (κ1) is 25.8. The average molecular weight is 682 g/mol. The van der Waals surface area contributed by atoms with Crippen molar-refractivity contribution < 1.29 is 38.9 Å². The van der Waals surface area contributed by atoms with Crippen LogP contribution in [0.5, 0.6) is 11.5 Å². The topological polar surface area (TPSA) is 138 Å². The Labute approximate surface area is 233 Å². The van der Waals surface area contributed by atoms with Crippen LogP contribution in [0.25, 0.3) is 0 Å². The second kappa shape index (κ2) is 9.50. The van der Waals surface area contributed by atoms with E-state index in [4.69, 9.17) is 9.84 Å². The summed E-state index contributed by atoms with van der Waals surface area (Å²) in [4.78, 5) is 65.2. The number of imide groups is 1. The summed E-state index contributed by atoms with van der Waals surface area (Å²) in [7, 11) is 1.41. The fraction of sp³-hybridized carbons (Fsp3) is 0.346.